The summed E-state index contributed by atoms with van der Waals surface area (Å²) in [6.45, 7) is 7.43. The molecule has 0 aliphatic carbocycles. The molecule has 5 rings (SSSR count). The summed E-state index contributed by atoms with van der Waals surface area (Å²) in [6, 6.07) is 40.3. The van der Waals surface area contributed by atoms with Crippen LogP contribution in [0, 0.1) is 0 Å². The van der Waals surface area contributed by atoms with Crippen LogP contribution in [0.5, 0.6) is 0 Å². The Hall–Kier alpha value is -3.75. The third-order valence-corrected chi connectivity index (χ3v) is 12.6. The average Bonchev–Trinajstić information content (AvgIpc) is 3.02. The Kier molecular flexibility index (Phi) is 9.23. The van der Waals surface area contributed by atoms with Crippen molar-refractivity contribution in [2.45, 2.75) is 44.2 Å². The van der Waals surface area contributed by atoms with E-state index in [1.54, 1.807) is 0 Å². The number of hydrogen-bond acceptors (Lipinski definition) is 5. The predicted molar refractivity (Wildman–Crippen MR) is 167 cm³/mol. The van der Waals surface area contributed by atoms with Gasteiger partial charge in [0, 0.05) is 5.56 Å². The number of benzene rings is 4. The summed E-state index contributed by atoms with van der Waals surface area (Å²) in [7, 11) is -2.89. The zero-order valence-electron chi connectivity index (χ0n) is 24.5. The lowest BCUT2D eigenvalue weighted by Crippen LogP contribution is -2.70. The van der Waals surface area contributed by atoms with Crippen molar-refractivity contribution in [3.8, 4) is 0 Å². The molecule has 1 saturated heterocycles. The van der Waals surface area contributed by atoms with E-state index >= 15 is 0 Å². The fraction of sp³-hybridized carbons (Fsp3) is 0.286. The van der Waals surface area contributed by atoms with Crippen molar-refractivity contribution in [2.24, 2.45) is 0 Å². The smallest absolute Gasteiger partial charge is 0.408 e. The quantitative estimate of drug-likeness (QED) is 0.247. The van der Waals surface area contributed by atoms with E-state index in [-0.39, 0.29) is 31.5 Å². The van der Waals surface area contributed by atoms with Gasteiger partial charge in [0.15, 0.2) is 6.29 Å². The van der Waals surface area contributed by atoms with E-state index in [0.717, 1.165) is 21.5 Å². The molecule has 0 unspecified atom stereocenters. The van der Waals surface area contributed by atoms with Crippen LogP contribution in [0.3, 0.4) is 0 Å². The van der Waals surface area contributed by atoms with E-state index in [9.17, 15) is 4.79 Å². The molecule has 4 aromatic rings. The average molecular weight is 582 g/mol. The first kappa shape index (κ1) is 29.7. The molecule has 0 bridgehead atoms. The van der Waals surface area contributed by atoms with Gasteiger partial charge < -0.3 is 24.0 Å². The van der Waals surface area contributed by atoms with Crippen molar-refractivity contribution >= 4 is 24.8 Å². The molecule has 1 heterocycles. The summed E-state index contributed by atoms with van der Waals surface area (Å²) >= 11 is 0. The molecular formula is C35H39NO5Si. The largest absolute Gasteiger partial charge is 0.445 e. The van der Waals surface area contributed by atoms with Gasteiger partial charge in [0.2, 0.25) is 0 Å². The van der Waals surface area contributed by atoms with Crippen molar-refractivity contribution in [1.29, 1.82) is 0 Å². The molecule has 4 aromatic carbocycles. The van der Waals surface area contributed by atoms with Crippen LogP contribution in [-0.2, 0) is 25.2 Å². The molecule has 0 atom stereocenters. The zero-order valence-corrected chi connectivity index (χ0v) is 25.5. The Morgan fingerprint density at radius 3 is 1.76 bits per heavy atom. The van der Waals surface area contributed by atoms with Gasteiger partial charge in [-0.05, 0) is 21.0 Å². The van der Waals surface area contributed by atoms with Crippen LogP contribution in [0.4, 0.5) is 4.79 Å². The third-order valence-electron chi connectivity index (χ3n) is 7.66. The number of alkyl carbamates (subject to hydrolysis) is 1. The van der Waals surface area contributed by atoms with Gasteiger partial charge in [-0.2, -0.15) is 0 Å². The molecule has 0 radical (unpaired) electrons. The minimum atomic E-state index is -2.89. The third kappa shape index (κ3) is 6.66. The summed E-state index contributed by atoms with van der Waals surface area (Å²) < 4.78 is 25.4. The van der Waals surface area contributed by atoms with Crippen molar-refractivity contribution in [1.82, 2.24) is 5.32 Å². The van der Waals surface area contributed by atoms with Crippen LogP contribution in [0.15, 0.2) is 121 Å². The summed E-state index contributed by atoms with van der Waals surface area (Å²) in [5, 5.41) is 5.17. The fourth-order valence-electron chi connectivity index (χ4n) is 5.54. The summed E-state index contributed by atoms with van der Waals surface area (Å²) in [6.07, 6.45) is -1.08. The van der Waals surface area contributed by atoms with Crippen molar-refractivity contribution in [3.05, 3.63) is 132 Å². The number of hydrogen-bond donors (Lipinski definition) is 1. The molecular weight excluding hydrogens is 542 g/mol. The van der Waals surface area contributed by atoms with Gasteiger partial charge in [-0.15, -0.1) is 0 Å². The van der Waals surface area contributed by atoms with Crippen LogP contribution in [-0.4, -0.2) is 39.8 Å². The monoisotopic (exact) mass is 581 g/mol. The lowest BCUT2D eigenvalue weighted by molar-refractivity contribution is -0.220. The first-order valence-corrected chi connectivity index (χ1v) is 16.2. The Bertz CT molecular complexity index is 1360. The van der Waals surface area contributed by atoms with Crippen LogP contribution < -0.4 is 15.7 Å². The van der Waals surface area contributed by atoms with Crippen molar-refractivity contribution in [2.75, 3.05) is 19.8 Å². The SMILES string of the molecule is CC(C)(C)[Si](OCC1(NC(=O)OCc2ccccc2)COC(c2ccccc2)OC1)(c1ccccc1)c1ccccc1. The van der Waals surface area contributed by atoms with Crippen LogP contribution in [0.1, 0.15) is 38.2 Å². The highest BCUT2D eigenvalue weighted by Gasteiger charge is 2.52. The van der Waals surface area contributed by atoms with E-state index < -0.39 is 26.2 Å². The zero-order chi connectivity index (χ0) is 29.5. The van der Waals surface area contributed by atoms with Gasteiger partial charge in [-0.1, -0.05) is 142 Å². The van der Waals surface area contributed by atoms with Crippen molar-refractivity contribution < 1.29 is 23.4 Å². The summed E-state index contributed by atoms with van der Waals surface area (Å²) in [5.41, 5.74) is 0.864. The topological polar surface area (TPSA) is 66.0 Å². The first-order valence-electron chi connectivity index (χ1n) is 14.3. The normalized spacial score (nSPS) is 19.2. The van der Waals surface area contributed by atoms with Crippen LogP contribution in [0.25, 0.3) is 0 Å². The second kappa shape index (κ2) is 13.0. The van der Waals surface area contributed by atoms with E-state index in [0.29, 0.717) is 0 Å². The Morgan fingerprint density at radius 1 is 0.786 bits per heavy atom. The van der Waals surface area contributed by atoms with Gasteiger partial charge in [0.05, 0.1) is 19.8 Å². The standard InChI is InChI=1S/C35H39NO5Si/c1-34(2,3)42(30-20-12-6-13-21-30,31-22-14-7-15-23-31)41-27-35(36-33(37)38-24-28-16-8-4-9-17-28)25-39-32(40-26-35)29-18-10-5-11-19-29/h4-23,32H,24-27H2,1-3H3,(H,36,37). The molecule has 1 amide bonds. The number of ether oxygens (including phenoxy) is 3. The van der Waals surface area contributed by atoms with Gasteiger partial charge in [-0.25, -0.2) is 4.79 Å². The molecule has 0 aromatic heterocycles. The second-order valence-electron chi connectivity index (χ2n) is 11.8. The van der Waals surface area contributed by atoms with Gasteiger partial charge in [-0.3, -0.25) is 0 Å². The molecule has 7 heteroatoms. The lowest BCUT2D eigenvalue weighted by atomic mass is 10.0. The van der Waals surface area contributed by atoms with Crippen molar-refractivity contribution in [3.63, 3.8) is 0 Å². The summed E-state index contributed by atoms with van der Waals surface area (Å²) in [4.78, 5) is 13.2. The minimum absolute atomic E-state index is 0.159. The Labute approximate surface area is 249 Å². The molecule has 0 saturated carbocycles. The van der Waals surface area contributed by atoms with E-state index in [2.05, 4.69) is 74.6 Å². The molecule has 1 fully saturated rings. The molecule has 1 aliphatic rings. The first-order chi connectivity index (χ1) is 20.3. The van der Waals surface area contributed by atoms with Gasteiger partial charge >= 0.3 is 6.09 Å². The number of carbonyl (C=O) groups is 1. The molecule has 6 nitrogen and oxygen atoms in total. The van der Waals surface area contributed by atoms with E-state index in [4.69, 9.17) is 18.6 Å². The van der Waals surface area contributed by atoms with Gasteiger partial charge in [0.25, 0.3) is 8.32 Å². The fourth-order valence-corrected chi connectivity index (χ4v) is 10.2. The summed E-state index contributed by atoms with van der Waals surface area (Å²) in [5.74, 6) is 0. The Morgan fingerprint density at radius 2 is 1.26 bits per heavy atom. The number of nitrogens with one attached hydrogen (secondary N) is 1. The Balaban J connectivity index is 1.44. The second-order valence-corrected chi connectivity index (χ2v) is 16.1. The highest BCUT2D eigenvalue weighted by Crippen LogP contribution is 2.38. The molecule has 1 aliphatic heterocycles. The molecule has 1 N–H and O–H groups in total. The van der Waals surface area contributed by atoms with E-state index in [1.165, 1.54) is 0 Å². The number of rotatable bonds is 9. The maximum absolute atomic E-state index is 13.2. The molecule has 218 valence electrons. The number of amides is 1. The molecule has 42 heavy (non-hydrogen) atoms. The highest BCUT2D eigenvalue weighted by atomic mass is 28.4. The van der Waals surface area contributed by atoms with Crippen LogP contribution >= 0.6 is 0 Å². The lowest BCUT2D eigenvalue weighted by Gasteiger charge is -2.47. The van der Waals surface area contributed by atoms with Gasteiger partial charge in [0.1, 0.15) is 12.1 Å². The molecule has 0 spiro atoms. The predicted octanol–water partition coefficient (Wildman–Crippen LogP) is 5.97. The maximum Gasteiger partial charge on any atom is 0.408 e. The highest BCUT2D eigenvalue weighted by molar-refractivity contribution is 6.99. The van der Waals surface area contributed by atoms with E-state index in [1.807, 2.05) is 72.8 Å². The van der Waals surface area contributed by atoms with Crippen LogP contribution in [0.2, 0.25) is 5.04 Å². The maximum atomic E-state index is 13.2. The number of carbonyl (C=O) groups excluding carboxylic acids is 1. The minimum Gasteiger partial charge on any atom is -0.445 e.